The Morgan fingerprint density at radius 2 is 1.90 bits per heavy atom. The summed E-state index contributed by atoms with van der Waals surface area (Å²) in [6.07, 6.45) is 4.41. The summed E-state index contributed by atoms with van der Waals surface area (Å²) in [6, 6.07) is 4.01. The minimum Gasteiger partial charge on any atom is -0.353 e. The second-order valence-electron chi connectivity index (χ2n) is 5.56. The van der Waals surface area contributed by atoms with E-state index in [1.54, 1.807) is 6.20 Å². The Kier molecular flexibility index (Phi) is 6.01. The lowest BCUT2D eigenvalue weighted by Crippen LogP contribution is -2.48. The lowest BCUT2D eigenvalue weighted by molar-refractivity contribution is 0.196. The molecule has 6 heteroatoms. The van der Waals surface area contributed by atoms with E-state index in [1.165, 1.54) is 32.5 Å². The van der Waals surface area contributed by atoms with Crippen molar-refractivity contribution in [2.45, 2.75) is 12.8 Å². The van der Waals surface area contributed by atoms with Crippen LogP contribution in [0.5, 0.6) is 0 Å². The van der Waals surface area contributed by atoms with E-state index in [2.05, 4.69) is 31.4 Å². The number of piperazine rings is 1. The Morgan fingerprint density at radius 3 is 2.55 bits per heavy atom. The first kappa shape index (κ1) is 15.5. The molecule has 0 unspecified atom stereocenters. The van der Waals surface area contributed by atoms with Crippen molar-refractivity contribution in [2.24, 2.45) is 5.92 Å². The molecule has 3 rings (SSSR count). The first-order chi connectivity index (χ1) is 9.42. The van der Waals surface area contributed by atoms with Gasteiger partial charge in [0.05, 0.1) is 0 Å². The van der Waals surface area contributed by atoms with Crippen molar-refractivity contribution >= 4 is 18.2 Å². The highest BCUT2D eigenvalue weighted by atomic mass is 35.5. The van der Waals surface area contributed by atoms with Crippen LogP contribution in [0.25, 0.3) is 0 Å². The van der Waals surface area contributed by atoms with Crippen molar-refractivity contribution in [1.29, 1.82) is 0 Å². The van der Waals surface area contributed by atoms with Gasteiger partial charge >= 0.3 is 0 Å². The molecule has 0 aliphatic carbocycles. The standard InChI is InChI=1S/C14H23N5.ClH/c1-2-14(17-16-5-1)19-10-8-18(9-11-19)12-13-3-6-15-7-4-13;/h1-2,5,13,15H,3-4,6-12H2;1H. The summed E-state index contributed by atoms with van der Waals surface area (Å²) in [6.45, 7) is 8.12. The number of hydrogen-bond acceptors (Lipinski definition) is 5. The Balaban J connectivity index is 0.00000147. The molecule has 1 aromatic heterocycles. The molecule has 2 aliphatic heterocycles. The van der Waals surface area contributed by atoms with Gasteiger partial charge in [-0.2, -0.15) is 5.10 Å². The molecule has 1 aromatic rings. The first-order valence-corrected chi connectivity index (χ1v) is 7.37. The van der Waals surface area contributed by atoms with Gasteiger partial charge in [-0.1, -0.05) is 0 Å². The van der Waals surface area contributed by atoms with Gasteiger partial charge in [-0.3, -0.25) is 4.90 Å². The zero-order valence-corrected chi connectivity index (χ0v) is 12.7. The molecule has 2 fully saturated rings. The number of rotatable bonds is 3. The molecule has 0 spiro atoms. The molecule has 2 aliphatic rings. The fraction of sp³-hybridized carbons (Fsp3) is 0.714. The fourth-order valence-corrected chi connectivity index (χ4v) is 3.05. The summed E-state index contributed by atoms with van der Waals surface area (Å²) in [4.78, 5) is 4.95. The first-order valence-electron chi connectivity index (χ1n) is 7.37. The zero-order valence-electron chi connectivity index (χ0n) is 11.9. The van der Waals surface area contributed by atoms with Crippen LogP contribution in [0.3, 0.4) is 0 Å². The topological polar surface area (TPSA) is 44.3 Å². The van der Waals surface area contributed by atoms with Crippen molar-refractivity contribution in [3.63, 3.8) is 0 Å². The molecular weight excluding hydrogens is 274 g/mol. The third-order valence-electron chi connectivity index (χ3n) is 4.23. The predicted molar refractivity (Wildman–Crippen MR) is 83.5 cm³/mol. The van der Waals surface area contributed by atoms with E-state index in [-0.39, 0.29) is 12.4 Å². The Labute approximate surface area is 127 Å². The highest BCUT2D eigenvalue weighted by Gasteiger charge is 2.21. The van der Waals surface area contributed by atoms with Gasteiger partial charge in [0.15, 0.2) is 5.82 Å². The van der Waals surface area contributed by atoms with Gasteiger partial charge in [0.1, 0.15) is 0 Å². The van der Waals surface area contributed by atoms with Crippen LogP contribution in [0.2, 0.25) is 0 Å². The van der Waals surface area contributed by atoms with Gasteiger partial charge in [0, 0.05) is 38.9 Å². The largest absolute Gasteiger partial charge is 0.353 e. The molecule has 2 saturated heterocycles. The van der Waals surface area contributed by atoms with Crippen molar-refractivity contribution < 1.29 is 0 Å². The third-order valence-corrected chi connectivity index (χ3v) is 4.23. The summed E-state index contributed by atoms with van der Waals surface area (Å²) in [7, 11) is 0. The number of hydrogen-bond donors (Lipinski definition) is 1. The van der Waals surface area contributed by atoms with Crippen molar-refractivity contribution in [2.75, 3.05) is 50.7 Å². The normalized spacial score (nSPS) is 21.5. The van der Waals surface area contributed by atoms with Gasteiger partial charge in [0.2, 0.25) is 0 Å². The molecule has 112 valence electrons. The smallest absolute Gasteiger partial charge is 0.151 e. The van der Waals surface area contributed by atoms with Crippen molar-refractivity contribution in [3.05, 3.63) is 18.3 Å². The second-order valence-corrected chi connectivity index (χ2v) is 5.56. The predicted octanol–water partition coefficient (Wildman–Crippen LogP) is 1.02. The van der Waals surface area contributed by atoms with E-state index in [9.17, 15) is 0 Å². The minimum absolute atomic E-state index is 0. The highest BCUT2D eigenvalue weighted by molar-refractivity contribution is 5.85. The van der Waals surface area contributed by atoms with Gasteiger partial charge in [-0.25, -0.2) is 0 Å². The van der Waals surface area contributed by atoms with Gasteiger partial charge in [-0.05, 0) is 44.0 Å². The molecule has 0 bridgehead atoms. The van der Waals surface area contributed by atoms with Crippen LogP contribution in [0.15, 0.2) is 18.3 Å². The van der Waals surface area contributed by atoms with E-state index in [0.29, 0.717) is 0 Å². The van der Waals surface area contributed by atoms with E-state index in [4.69, 9.17) is 0 Å². The van der Waals surface area contributed by atoms with Crippen molar-refractivity contribution in [3.8, 4) is 0 Å². The fourth-order valence-electron chi connectivity index (χ4n) is 3.05. The maximum Gasteiger partial charge on any atom is 0.151 e. The van der Waals surface area contributed by atoms with Crippen LogP contribution >= 0.6 is 12.4 Å². The van der Waals surface area contributed by atoms with E-state index in [1.807, 2.05) is 6.07 Å². The molecule has 0 aromatic carbocycles. The Morgan fingerprint density at radius 1 is 1.15 bits per heavy atom. The monoisotopic (exact) mass is 297 g/mol. The molecule has 0 amide bonds. The average Bonchev–Trinajstić information content (AvgIpc) is 2.50. The molecule has 20 heavy (non-hydrogen) atoms. The molecule has 5 nitrogen and oxygen atoms in total. The van der Waals surface area contributed by atoms with Crippen LogP contribution in [-0.2, 0) is 0 Å². The summed E-state index contributed by atoms with van der Waals surface area (Å²) in [5, 5.41) is 11.6. The number of anilines is 1. The molecule has 0 radical (unpaired) electrons. The average molecular weight is 298 g/mol. The van der Waals surface area contributed by atoms with Crippen LogP contribution in [0.1, 0.15) is 12.8 Å². The summed E-state index contributed by atoms with van der Waals surface area (Å²) < 4.78 is 0. The molecular formula is C14H24ClN5. The van der Waals surface area contributed by atoms with Crippen LogP contribution in [0.4, 0.5) is 5.82 Å². The summed E-state index contributed by atoms with van der Waals surface area (Å²) >= 11 is 0. The van der Waals surface area contributed by atoms with E-state index >= 15 is 0 Å². The minimum atomic E-state index is 0. The van der Waals surface area contributed by atoms with Gasteiger partial charge in [-0.15, -0.1) is 17.5 Å². The maximum absolute atomic E-state index is 4.19. The zero-order chi connectivity index (χ0) is 12.9. The van der Waals surface area contributed by atoms with Crippen LogP contribution < -0.4 is 10.2 Å². The lowest BCUT2D eigenvalue weighted by atomic mass is 9.97. The SMILES string of the molecule is Cl.c1cnnc(N2CCN(CC3CCNCC3)CC2)c1. The summed E-state index contributed by atoms with van der Waals surface area (Å²) in [5.41, 5.74) is 0. The van der Waals surface area contributed by atoms with Crippen LogP contribution in [-0.4, -0.2) is 60.9 Å². The number of aromatic nitrogens is 2. The molecule has 0 atom stereocenters. The Bertz CT molecular complexity index is 374. The van der Waals surface area contributed by atoms with Crippen LogP contribution in [0, 0.1) is 5.92 Å². The van der Waals surface area contributed by atoms with E-state index < -0.39 is 0 Å². The quantitative estimate of drug-likeness (QED) is 0.902. The number of halogens is 1. The maximum atomic E-state index is 4.19. The highest BCUT2D eigenvalue weighted by Crippen LogP contribution is 2.16. The van der Waals surface area contributed by atoms with Gasteiger partial charge < -0.3 is 10.2 Å². The van der Waals surface area contributed by atoms with E-state index in [0.717, 1.165) is 37.9 Å². The Hall–Kier alpha value is -0.910. The number of nitrogens with one attached hydrogen (secondary N) is 1. The second kappa shape index (κ2) is 7.76. The molecule has 1 N–H and O–H groups in total. The molecule has 3 heterocycles. The lowest BCUT2D eigenvalue weighted by Gasteiger charge is -2.37. The third kappa shape index (κ3) is 4.04. The summed E-state index contributed by atoms with van der Waals surface area (Å²) in [5.74, 6) is 1.91. The number of nitrogens with zero attached hydrogens (tertiary/aromatic N) is 4. The number of piperidine rings is 1. The van der Waals surface area contributed by atoms with Crippen molar-refractivity contribution in [1.82, 2.24) is 20.4 Å². The molecule has 0 saturated carbocycles. The van der Waals surface area contributed by atoms with Gasteiger partial charge in [0.25, 0.3) is 0 Å².